The van der Waals surface area contributed by atoms with E-state index in [1.807, 2.05) is 17.5 Å². The van der Waals surface area contributed by atoms with Gasteiger partial charge in [-0.15, -0.1) is 11.3 Å². The molecule has 2 aromatic heterocycles. The van der Waals surface area contributed by atoms with Crippen LogP contribution in [0.1, 0.15) is 10.7 Å². The Balaban J connectivity index is 2.22. The largest absolute Gasteiger partial charge is 0.394 e. The predicted octanol–water partition coefficient (Wildman–Crippen LogP) is 1.29. The minimum atomic E-state index is 0.353. The van der Waals surface area contributed by atoms with E-state index in [0.29, 0.717) is 23.8 Å². The van der Waals surface area contributed by atoms with Crippen molar-refractivity contribution in [1.29, 1.82) is 0 Å². The smallest absolute Gasteiger partial charge is 0.150 e. The third kappa shape index (κ3) is 1.82. The maximum absolute atomic E-state index is 5.58. The lowest BCUT2D eigenvalue weighted by atomic mass is 10.3. The Morgan fingerprint density at radius 2 is 2.21 bits per heavy atom. The molecule has 5 heteroatoms. The Bertz CT molecular complexity index is 424. The molecule has 0 fully saturated rings. The molecule has 0 spiro atoms. The van der Waals surface area contributed by atoms with Crippen LogP contribution >= 0.6 is 11.3 Å². The van der Waals surface area contributed by atoms with Crippen LogP contribution in [-0.2, 0) is 6.42 Å². The van der Waals surface area contributed by atoms with E-state index in [1.165, 1.54) is 4.88 Å². The lowest BCUT2D eigenvalue weighted by molar-refractivity contribution is 0.990. The Labute approximate surface area is 85.6 Å². The van der Waals surface area contributed by atoms with E-state index in [1.54, 1.807) is 17.5 Å². The highest BCUT2D eigenvalue weighted by molar-refractivity contribution is 7.09. The molecule has 0 radical (unpaired) electrons. The average Bonchev–Trinajstić information content (AvgIpc) is 2.64. The topological polar surface area (TPSA) is 77.8 Å². The summed E-state index contributed by atoms with van der Waals surface area (Å²) in [6.07, 6.45) is 2.26. The van der Waals surface area contributed by atoms with Crippen LogP contribution in [0.5, 0.6) is 0 Å². The summed E-state index contributed by atoms with van der Waals surface area (Å²) in [6, 6.07) is 4.04. The van der Waals surface area contributed by atoms with Gasteiger partial charge in [0, 0.05) is 11.3 Å². The van der Waals surface area contributed by atoms with Crippen molar-refractivity contribution < 1.29 is 0 Å². The Morgan fingerprint density at radius 1 is 1.36 bits per heavy atom. The molecule has 72 valence electrons. The van der Waals surface area contributed by atoms with E-state index in [4.69, 9.17) is 11.5 Å². The number of hydrogen-bond acceptors (Lipinski definition) is 5. The second kappa shape index (κ2) is 3.63. The molecule has 4 nitrogen and oxygen atoms in total. The van der Waals surface area contributed by atoms with Gasteiger partial charge in [0.1, 0.15) is 11.6 Å². The van der Waals surface area contributed by atoms with Crippen LogP contribution in [-0.4, -0.2) is 9.97 Å². The first kappa shape index (κ1) is 8.96. The van der Waals surface area contributed by atoms with Crippen LogP contribution in [0, 0.1) is 0 Å². The molecule has 0 atom stereocenters. The normalized spacial score (nSPS) is 10.3. The number of thiophene rings is 1. The Kier molecular flexibility index (Phi) is 2.32. The molecule has 2 heterocycles. The van der Waals surface area contributed by atoms with Gasteiger partial charge in [-0.05, 0) is 11.4 Å². The molecular weight excluding hydrogens is 196 g/mol. The number of nitrogens with two attached hydrogens (primary N) is 2. The van der Waals surface area contributed by atoms with Crippen molar-refractivity contribution in [2.24, 2.45) is 0 Å². The molecule has 0 aliphatic carbocycles. The molecule has 2 aromatic rings. The first-order chi connectivity index (χ1) is 6.75. The molecule has 14 heavy (non-hydrogen) atoms. The minimum Gasteiger partial charge on any atom is -0.394 e. The lowest BCUT2D eigenvalue weighted by Gasteiger charge is -2.01. The summed E-state index contributed by atoms with van der Waals surface area (Å²) in [5.41, 5.74) is 11.5. The molecule has 0 aliphatic heterocycles. The molecule has 0 unspecified atom stereocenters. The van der Waals surface area contributed by atoms with Gasteiger partial charge in [0.05, 0.1) is 11.9 Å². The van der Waals surface area contributed by atoms with Crippen LogP contribution in [0.2, 0.25) is 0 Å². The molecule has 0 bridgehead atoms. The minimum absolute atomic E-state index is 0.353. The quantitative estimate of drug-likeness (QED) is 0.776. The van der Waals surface area contributed by atoms with Crippen molar-refractivity contribution in [3.63, 3.8) is 0 Å². The van der Waals surface area contributed by atoms with Crippen LogP contribution in [0.15, 0.2) is 23.7 Å². The SMILES string of the molecule is Nc1cnc(Cc2cccs2)nc1N. The van der Waals surface area contributed by atoms with Crippen molar-refractivity contribution in [3.8, 4) is 0 Å². The third-order valence-corrected chi connectivity index (χ3v) is 2.69. The summed E-state index contributed by atoms with van der Waals surface area (Å²) in [5, 5.41) is 2.02. The second-order valence-electron chi connectivity index (χ2n) is 2.88. The Hall–Kier alpha value is -1.62. The van der Waals surface area contributed by atoms with Crippen molar-refractivity contribution >= 4 is 22.8 Å². The molecule has 0 aliphatic rings. The van der Waals surface area contributed by atoms with E-state index in [0.717, 1.165) is 0 Å². The standard InChI is InChI=1S/C9H10N4S/c10-7-5-12-8(13-9(7)11)4-6-2-1-3-14-6/h1-3,5H,4,10H2,(H2,11,12,13). The highest BCUT2D eigenvalue weighted by atomic mass is 32.1. The first-order valence-corrected chi connectivity index (χ1v) is 5.03. The van der Waals surface area contributed by atoms with Gasteiger partial charge in [0.15, 0.2) is 0 Å². The maximum atomic E-state index is 5.58. The zero-order valence-corrected chi connectivity index (χ0v) is 8.29. The van der Waals surface area contributed by atoms with Gasteiger partial charge in [0.25, 0.3) is 0 Å². The maximum Gasteiger partial charge on any atom is 0.150 e. The summed E-state index contributed by atoms with van der Waals surface area (Å²) >= 11 is 1.68. The number of nitrogens with zero attached hydrogens (tertiary/aromatic N) is 2. The van der Waals surface area contributed by atoms with Crippen molar-refractivity contribution in [2.75, 3.05) is 11.5 Å². The third-order valence-electron chi connectivity index (χ3n) is 1.81. The van der Waals surface area contributed by atoms with Gasteiger partial charge in [-0.2, -0.15) is 0 Å². The number of hydrogen-bond donors (Lipinski definition) is 2. The zero-order chi connectivity index (χ0) is 9.97. The van der Waals surface area contributed by atoms with Crippen LogP contribution in [0.25, 0.3) is 0 Å². The highest BCUT2D eigenvalue weighted by Crippen LogP contribution is 2.14. The first-order valence-electron chi connectivity index (χ1n) is 4.15. The number of nitrogen functional groups attached to an aromatic ring is 2. The van der Waals surface area contributed by atoms with Crippen molar-refractivity contribution in [1.82, 2.24) is 9.97 Å². The molecule has 0 saturated heterocycles. The van der Waals surface area contributed by atoms with Gasteiger partial charge in [-0.3, -0.25) is 0 Å². The molecular formula is C9H10N4S. The molecule has 0 aromatic carbocycles. The summed E-state index contributed by atoms with van der Waals surface area (Å²) in [6.45, 7) is 0. The average molecular weight is 206 g/mol. The fraction of sp³-hybridized carbons (Fsp3) is 0.111. The van der Waals surface area contributed by atoms with Gasteiger partial charge >= 0.3 is 0 Å². The van der Waals surface area contributed by atoms with E-state index in [9.17, 15) is 0 Å². The van der Waals surface area contributed by atoms with Crippen molar-refractivity contribution in [3.05, 3.63) is 34.4 Å². The summed E-state index contributed by atoms with van der Waals surface area (Å²) in [4.78, 5) is 9.42. The van der Waals surface area contributed by atoms with Gasteiger partial charge in [-0.25, -0.2) is 9.97 Å². The number of aromatic nitrogens is 2. The Morgan fingerprint density at radius 3 is 2.86 bits per heavy atom. The molecule has 4 N–H and O–H groups in total. The number of anilines is 2. The molecule has 2 rings (SSSR count). The van der Waals surface area contributed by atoms with Gasteiger partial charge < -0.3 is 11.5 Å². The van der Waals surface area contributed by atoms with Gasteiger partial charge in [0.2, 0.25) is 0 Å². The molecule has 0 saturated carbocycles. The fourth-order valence-corrected chi connectivity index (χ4v) is 1.80. The van der Waals surface area contributed by atoms with Gasteiger partial charge in [-0.1, -0.05) is 6.07 Å². The van der Waals surface area contributed by atoms with E-state index in [-0.39, 0.29) is 0 Å². The monoisotopic (exact) mass is 206 g/mol. The van der Waals surface area contributed by atoms with E-state index < -0.39 is 0 Å². The van der Waals surface area contributed by atoms with Crippen LogP contribution < -0.4 is 11.5 Å². The fourth-order valence-electron chi connectivity index (χ4n) is 1.10. The predicted molar refractivity (Wildman–Crippen MR) is 58.0 cm³/mol. The molecule has 0 amide bonds. The summed E-state index contributed by atoms with van der Waals surface area (Å²) in [5.74, 6) is 1.06. The van der Waals surface area contributed by atoms with Crippen LogP contribution in [0.3, 0.4) is 0 Å². The van der Waals surface area contributed by atoms with E-state index >= 15 is 0 Å². The second-order valence-corrected chi connectivity index (χ2v) is 3.92. The summed E-state index contributed by atoms with van der Waals surface area (Å²) < 4.78 is 0. The highest BCUT2D eigenvalue weighted by Gasteiger charge is 2.02. The van der Waals surface area contributed by atoms with Crippen LogP contribution in [0.4, 0.5) is 11.5 Å². The van der Waals surface area contributed by atoms with E-state index in [2.05, 4.69) is 9.97 Å². The lowest BCUT2D eigenvalue weighted by Crippen LogP contribution is -2.03. The van der Waals surface area contributed by atoms with Crippen molar-refractivity contribution in [2.45, 2.75) is 6.42 Å². The zero-order valence-electron chi connectivity index (χ0n) is 7.47. The number of rotatable bonds is 2. The summed E-state index contributed by atoms with van der Waals surface area (Å²) in [7, 11) is 0.